The Kier molecular flexibility index (Phi) is 11.3. The summed E-state index contributed by atoms with van der Waals surface area (Å²) in [6.45, 7) is 6.83. The molecule has 0 unspecified atom stereocenters. The van der Waals surface area contributed by atoms with Crippen molar-refractivity contribution in [3.8, 4) is 0 Å². The number of carbonyl (C=O) groups is 1. The molecule has 1 N–H and O–H groups in total. The van der Waals surface area contributed by atoms with Gasteiger partial charge in [-0.1, -0.05) is 52.9 Å². The van der Waals surface area contributed by atoms with Crippen molar-refractivity contribution in [3.05, 3.63) is 0 Å². The molecule has 3 heteroatoms. The lowest BCUT2D eigenvalue weighted by Gasteiger charge is -2.17. The summed E-state index contributed by atoms with van der Waals surface area (Å²) >= 11 is 0. The van der Waals surface area contributed by atoms with Crippen LogP contribution in [0.4, 0.5) is 0 Å². The molecule has 2 nitrogen and oxygen atoms in total. The molecular formula is C13H27ClO2. The number of unbranched alkanes of at least 4 members (excludes halogenated alkanes) is 5. The van der Waals surface area contributed by atoms with Crippen molar-refractivity contribution in [2.24, 2.45) is 5.41 Å². The first-order chi connectivity index (χ1) is 6.92. The molecule has 0 atom stereocenters. The van der Waals surface area contributed by atoms with Gasteiger partial charge in [-0.2, -0.15) is 0 Å². The van der Waals surface area contributed by atoms with Gasteiger partial charge in [0.05, 0.1) is 0 Å². The molecular weight excluding hydrogens is 224 g/mol. The fourth-order valence-electron chi connectivity index (χ4n) is 1.64. The second-order valence-corrected chi connectivity index (χ2v) is 5.58. The first kappa shape index (κ1) is 18.1. The SMILES string of the molecule is CC(C)(C)CCCCCCCCC(=O)O.Cl. The minimum atomic E-state index is -0.664. The van der Waals surface area contributed by atoms with Crippen LogP contribution in [0.5, 0.6) is 0 Å². The van der Waals surface area contributed by atoms with Crippen LogP contribution in [0.3, 0.4) is 0 Å². The number of carboxylic acid groups (broad SMARTS) is 1. The maximum absolute atomic E-state index is 10.2. The Bertz CT molecular complexity index is 173. The third kappa shape index (κ3) is 16.2. The summed E-state index contributed by atoms with van der Waals surface area (Å²) in [5.41, 5.74) is 0.462. The van der Waals surface area contributed by atoms with Crippen LogP contribution in [0.25, 0.3) is 0 Å². The molecule has 0 spiro atoms. The first-order valence-electron chi connectivity index (χ1n) is 6.13. The van der Waals surface area contributed by atoms with Crippen LogP contribution in [0, 0.1) is 5.41 Å². The lowest BCUT2D eigenvalue weighted by Crippen LogP contribution is -2.03. The number of halogens is 1. The van der Waals surface area contributed by atoms with Gasteiger partial charge in [0, 0.05) is 6.42 Å². The van der Waals surface area contributed by atoms with Crippen LogP contribution in [0.15, 0.2) is 0 Å². The zero-order chi connectivity index (χ0) is 11.7. The molecule has 0 aliphatic carbocycles. The highest BCUT2D eigenvalue weighted by atomic mass is 35.5. The third-order valence-corrected chi connectivity index (χ3v) is 2.57. The number of hydrogen-bond donors (Lipinski definition) is 1. The molecule has 0 fully saturated rings. The Morgan fingerprint density at radius 1 is 0.938 bits per heavy atom. The van der Waals surface area contributed by atoms with Gasteiger partial charge in [-0.3, -0.25) is 4.79 Å². The molecule has 0 amide bonds. The fourth-order valence-corrected chi connectivity index (χ4v) is 1.64. The maximum atomic E-state index is 10.2. The van der Waals surface area contributed by atoms with Crippen LogP contribution in [-0.4, -0.2) is 11.1 Å². The van der Waals surface area contributed by atoms with Gasteiger partial charge in [-0.25, -0.2) is 0 Å². The van der Waals surface area contributed by atoms with Gasteiger partial charge in [-0.15, -0.1) is 12.4 Å². The minimum Gasteiger partial charge on any atom is -0.481 e. The van der Waals surface area contributed by atoms with Gasteiger partial charge in [-0.05, 0) is 18.3 Å². The molecule has 0 bridgehead atoms. The van der Waals surface area contributed by atoms with E-state index in [4.69, 9.17) is 5.11 Å². The van der Waals surface area contributed by atoms with Crippen molar-refractivity contribution in [1.82, 2.24) is 0 Å². The number of carboxylic acids is 1. The van der Waals surface area contributed by atoms with Crippen LogP contribution in [0.1, 0.15) is 72.1 Å². The summed E-state index contributed by atoms with van der Waals surface area (Å²) in [5, 5.41) is 8.44. The van der Waals surface area contributed by atoms with Crippen molar-refractivity contribution in [3.63, 3.8) is 0 Å². The molecule has 0 rings (SSSR count). The lowest BCUT2D eigenvalue weighted by molar-refractivity contribution is -0.137. The van der Waals surface area contributed by atoms with Crippen LogP contribution in [-0.2, 0) is 4.79 Å². The number of hydrogen-bond acceptors (Lipinski definition) is 1. The summed E-state index contributed by atoms with van der Waals surface area (Å²) in [5.74, 6) is -0.664. The van der Waals surface area contributed by atoms with E-state index < -0.39 is 5.97 Å². The highest BCUT2D eigenvalue weighted by molar-refractivity contribution is 5.85. The van der Waals surface area contributed by atoms with Gasteiger partial charge in [0.25, 0.3) is 0 Å². The third-order valence-electron chi connectivity index (χ3n) is 2.57. The van der Waals surface area contributed by atoms with E-state index in [1.54, 1.807) is 0 Å². The van der Waals surface area contributed by atoms with E-state index in [1.165, 1.54) is 32.1 Å². The van der Waals surface area contributed by atoms with Gasteiger partial charge in [0.1, 0.15) is 0 Å². The molecule has 0 heterocycles. The van der Waals surface area contributed by atoms with Crippen molar-refractivity contribution in [2.75, 3.05) is 0 Å². The first-order valence-corrected chi connectivity index (χ1v) is 6.13. The lowest BCUT2D eigenvalue weighted by atomic mass is 9.89. The Hall–Kier alpha value is -0.240. The van der Waals surface area contributed by atoms with Crippen LogP contribution in [0.2, 0.25) is 0 Å². The zero-order valence-electron chi connectivity index (χ0n) is 10.9. The van der Waals surface area contributed by atoms with E-state index in [1.807, 2.05) is 0 Å². The highest BCUT2D eigenvalue weighted by Gasteiger charge is 2.08. The maximum Gasteiger partial charge on any atom is 0.303 e. The van der Waals surface area contributed by atoms with Gasteiger partial charge in [0.15, 0.2) is 0 Å². The molecule has 0 saturated carbocycles. The average Bonchev–Trinajstić information content (AvgIpc) is 2.07. The smallest absolute Gasteiger partial charge is 0.303 e. The molecule has 0 aromatic carbocycles. The Balaban J connectivity index is 0. The second-order valence-electron chi connectivity index (χ2n) is 5.58. The molecule has 0 radical (unpaired) electrons. The van der Waals surface area contributed by atoms with E-state index in [0.29, 0.717) is 11.8 Å². The molecule has 0 aromatic rings. The standard InChI is InChI=1S/C13H26O2.ClH/c1-13(2,3)11-9-7-5-4-6-8-10-12(14)15;/h4-11H2,1-3H3,(H,14,15);1H. The summed E-state index contributed by atoms with van der Waals surface area (Å²) in [4.78, 5) is 10.2. The molecule has 0 aliphatic heterocycles. The van der Waals surface area contributed by atoms with E-state index >= 15 is 0 Å². The van der Waals surface area contributed by atoms with E-state index in [2.05, 4.69) is 20.8 Å². The molecule has 0 aromatic heterocycles. The van der Waals surface area contributed by atoms with Crippen LogP contribution >= 0.6 is 12.4 Å². The van der Waals surface area contributed by atoms with Crippen LogP contribution < -0.4 is 0 Å². The Morgan fingerprint density at radius 2 is 1.38 bits per heavy atom. The Morgan fingerprint density at radius 3 is 1.81 bits per heavy atom. The van der Waals surface area contributed by atoms with Crippen molar-refractivity contribution in [1.29, 1.82) is 0 Å². The zero-order valence-corrected chi connectivity index (χ0v) is 11.7. The second kappa shape index (κ2) is 9.95. The van der Waals surface area contributed by atoms with Crippen molar-refractivity contribution < 1.29 is 9.90 Å². The number of aliphatic carboxylic acids is 1. The molecule has 0 saturated heterocycles. The quantitative estimate of drug-likeness (QED) is 0.636. The minimum absolute atomic E-state index is 0. The summed E-state index contributed by atoms with van der Waals surface area (Å²) < 4.78 is 0. The molecule has 16 heavy (non-hydrogen) atoms. The average molecular weight is 251 g/mol. The van der Waals surface area contributed by atoms with E-state index in [9.17, 15) is 4.79 Å². The summed E-state index contributed by atoms with van der Waals surface area (Å²) in [6, 6.07) is 0. The summed E-state index contributed by atoms with van der Waals surface area (Å²) in [7, 11) is 0. The molecule has 98 valence electrons. The number of rotatable bonds is 8. The predicted octanol–water partition coefficient (Wildman–Crippen LogP) is 4.66. The van der Waals surface area contributed by atoms with Crippen molar-refractivity contribution in [2.45, 2.75) is 72.1 Å². The normalized spacial score (nSPS) is 10.9. The van der Waals surface area contributed by atoms with E-state index in [0.717, 1.165) is 12.8 Å². The monoisotopic (exact) mass is 250 g/mol. The van der Waals surface area contributed by atoms with Gasteiger partial charge < -0.3 is 5.11 Å². The topological polar surface area (TPSA) is 37.3 Å². The van der Waals surface area contributed by atoms with Gasteiger partial charge in [0.2, 0.25) is 0 Å². The van der Waals surface area contributed by atoms with E-state index in [-0.39, 0.29) is 12.4 Å². The molecule has 0 aliphatic rings. The largest absolute Gasteiger partial charge is 0.481 e. The summed E-state index contributed by atoms with van der Waals surface area (Å²) in [6.07, 6.45) is 8.60. The Labute approximate surface area is 106 Å². The predicted molar refractivity (Wildman–Crippen MR) is 71.3 cm³/mol. The fraction of sp³-hybridized carbons (Fsp3) is 0.923. The highest BCUT2D eigenvalue weighted by Crippen LogP contribution is 2.22. The van der Waals surface area contributed by atoms with Gasteiger partial charge >= 0.3 is 5.97 Å². The van der Waals surface area contributed by atoms with Crippen molar-refractivity contribution >= 4 is 18.4 Å².